The lowest BCUT2D eigenvalue weighted by molar-refractivity contribution is 0.632. The van der Waals surface area contributed by atoms with Crippen molar-refractivity contribution < 1.29 is 4.39 Å². The SMILES string of the molecule is CCCNc1c2c(nc3c(F)c(Cl)ccc13)CCCC2. The topological polar surface area (TPSA) is 24.9 Å². The van der Waals surface area contributed by atoms with Gasteiger partial charge < -0.3 is 5.32 Å². The lowest BCUT2D eigenvalue weighted by Gasteiger charge is -2.21. The standard InChI is InChI=1S/C16H18ClFN2/c1-2-9-19-15-10-5-3-4-6-13(10)20-16-11(15)7-8-12(17)14(16)18/h7-8H,2-6,9H2,1H3,(H,19,20). The third kappa shape index (κ3) is 2.24. The zero-order chi connectivity index (χ0) is 14.1. The molecule has 0 unspecified atom stereocenters. The smallest absolute Gasteiger partial charge is 0.168 e. The third-order valence-electron chi connectivity index (χ3n) is 3.88. The summed E-state index contributed by atoms with van der Waals surface area (Å²) >= 11 is 5.89. The number of rotatable bonds is 3. The second-order valence-corrected chi connectivity index (χ2v) is 5.71. The molecule has 4 heteroatoms. The van der Waals surface area contributed by atoms with Crippen LogP contribution in [-0.2, 0) is 12.8 Å². The van der Waals surface area contributed by atoms with Crippen molar-refractivity contribution >= 4 is 28.2 Å². The molecule has 2 nitrogen and oxygen atoms in total. The molecule has 0 saturated heterocycles. The van der Waals surface area contributed by atoms with Gasteiger partial charge in [0.25, 0.3) is 0 Å². The molecule has 1 aromatic heterocycles. The molecule has 1 N–H and O–H groups in total. The Morgan fingerprint density at radius 2 is 2.10 bits per heavy atom. The minimum atomic E-state index is -0.405. The van der Waals surface area contributed by atoms with E-state index in [9.17, 15) is 4.39 Å². The normalized spacial score (nSPS) is 14.3. The van der Waals surface area contributed by atoms with E-state index in [1.807, 2.05) is 6.07 Å². The summed E-state index contributed by atoms with van der Waals surface area (Å²) in [4.78, 5) is 4.55. The van der Waals surface area contributed by atoms with Crippen molar-refractivity contribution in [2.75, 3.05) is 11.9 Å². The summed E-state index contributed by atoms with van der Waals surface area (Å²) in [7, 11) is 0. The van der Waals surface area contributed by atoms with Crippen molar-refractivity contribution in [3.63, 3.8) is 0 Å². The minimum absolute atomic E-state index is 0.141. The molecule has 0 saturated carbocycles. The average Bonchev–Trinajstić information content (AvgIpc) is 2.48. The minimum Gasteiger partial charge on any atom is -0.384 e. The van der Waals surface area contributed by atoms with Crippen molar-refractivity contribution in [1.82, 2.24) is 4.98 Å². The van der Waals surface area contributed by atoms with E-state index in [-0.39, 0.29) is 5.02 Å². The molecule has 2 aromatic rings. The van der Waals surface area contributed by atoms with E-state index in [1.165, 1.54) is 12.0 Å². The zero-order valence-electron chi connectivity index (χ0n) is 11.6. The summed E-state index contributed by atoms with van der Waals surface area (Å²) in [6.07, 6.45) is 5.29. The summed E-state index contributed by atoms with van der Waals surface area (Å²) < 4.78 is 14.2. The molecular formula is C16H18ClFN2. The number of pyridine rings is 1. The molecule has 3 rings (SSSR count). The van der Waals surface area contributed by atoms with Gasteiger partial charge in [-0.05, 0) is 49.8 Å². The summed E-state index contributed by atoms with van der Waals surface area (Å²) in [5.41, 5.74) is 3.75. The van der Waals surface area contributed by atoms with E-state index in [1.54, 1.807) is 6.07 Å². The molecular weight excluding hydrogens is 275 g/mol. The number of nitrogens with zero attached hydrogens (tertiary/aromatic N) is 1. The number of anilines is 1. The van der Waals surface area contributed by atoms with Gasteiger partial charge in [0.05, 0.1) is 5.02 Å². The Morgan fingerprint density at radius 3 is 2.90 bits per heavy atom. The van der Waals surface area contributed by atoms with Gasteiger partial charge in [0, 0.05) is 23.3 Å². The Morgan fingerprint density at radius 1 is 1.30 bits per heavy atom. The second-order valence-electron chi connectivity index (χ2n) is 5.30. The van der Waals surface area contributed by atoms with Crippen LogP contribution in [0.5, 0.6) is 0 Å². The summed E-state index contributed by atoms with van der Waals surface area (Å²) in [6, 6.07) is 3.49. The van der Waals surface area contributed by atoms with Crippen LogP contribution in [0.2, 0.25) is 5.02 Å². The van der Waals surface area contributed by atoms with Gasteiger partial charge >= 0.3 is 0 Å². The third-order valence-corrected chi connectivity index (χ3v) is 4.17. The fraction of sp³-hybridized carbons (Fsp3) is 0.438. The van der Waals surface area contributed by atoms with Gasteiger partial charge in [-0.1, -0.05) is 18.5 Å². The summed E-state index contributed by atoms with van der Waals surface area (Å²) in [5, 5.41) is 4.45. The highest BCUT2D eigenvalue weighted by Crippen LogP contribution is 2.35. The Bertz CT molecular complexity index is 655. The lowest BCUT2D eigenvalue weighted by Crippen LogP contribution is -2.12. The predicted octanol–water partition coefficient (Wildman–Crippen LogP) is 4.73. The van der Waals surface area contributed by atoms with E-state index in [2.05, 4.69) is 17.2 Å². The van der Waals surface area contributed by atoms with Crippen LogP contribution >= 0.6 is 11.6 Å². The van der Waals surface area contributed by atoms with Crippen LogP contribution in [0.3, 0.4) is 0 Å². The van der Waals surface area contributed by atoms with E-state index in [0.29, 0.717) is 5.52 Å². The van der Waals surface area contributed by atoms with Crippen LogP contribution < -0.4 is 5.32 Å². The van der Waals surface area contributed by atoms with Gasteiger partial charge in [-0.25, -0.2) is 9.37 Å². The predicted molar refractivity (Wildman–Crippen MR) is 82.1 cm³/mol. The highest BCUT2D eigenvalue weighted by molar-refractivity contribution is 6.31. The maximum Gasteiger partial charge on any atom is 0.168 e. The fourth-order valence-corrected chi connectivity index (χ4v) is 3.03. The molecule has 1 heterocycles. The Kier molecular flexibility index (Phi) is 3.79. The molecule has 20 heavy (non-hydrogen) atoms. The second kappa shape index (κ2) is 5.57. The lowest BCUT2D eigenvalue weighted by atomic mass is 9.92. The molecule has 0 spiro atoms. The largest absolute Gasteiger partial charge is 0.384 e. The van der Waals surface area contributed by atoms with E-state index < -0.39 is 5.82 Å². The van der Waals surface area contributed by atoms with Crippen molar-refractivity contribution in [2.24, 2.45) is 0 Å². The van der Waals surface area contributed by atoms with Crippen LogP contribution in [0.1, 0.15) is 37.4 Å². The van der Waals surface area contributed by atoms with Crippen molar-refractivity contribution in [2.45, 2.75) is 39.0 Å². The molecule has 0 amide bonds. The van der Waals surface area contributed by atoms with Gasteiger partial charge in [-0.3, -0.25) is 0 Å². The summed E-state index contributed by atoms with van der Waals surface area (Å²) in [6.45, 7) is 3.01. The van der Waals surface area contributed by atoms with Crippen molar-refractivity contribution in [3.8, 4) is 0 Å². The number of aryl methyl sites for hydroxylation is 1. The Balaban J connectivity index is 2.27. The molecule has 1 aliphatic carbocycles. The average molecular weight is 293 g/mol. The fourth-order valence-electron chi connectivity index (χ4n) is 2.88. The van der Waals surface area contributed by atoms with E-state index >= 15 is 0 Å². The molecule has 0 fully saturated rings. The monoisotopic (exact) mass is 292 g/mol. The number of hydrogen-bond acceptors (Lipinski definition) is 2. The number of fused-ring (bicyclic) bond motifs is 2. The molecule has 0 aliphatic heterocycles. The molecule has 0 bridgehead atoms. The number of halogens is 2. The van der Waals surface area contributed by atoms with Crippen molar-refractivity contribution in [1.29, 1.82) is 0 Å². The first kappa shape index (κ1) is 13.6. The quantitative estimate of drug-likeness (QED) is 0.885. The molecule has 1 aliphatic rings. The first-order valence-corrected chi connectivity index (χ1v) is 7.63. The number of benzene rings is 1. The van der Waals surface area contributed by atoms with E-state index in [4.69, 9.17) is 11.6 Å². The van der Waals surface area contributed by atoms with Crippen LogP contribution in [0.15, 0.2) is 12.1 Å². The van der Waals surface area contributed by atoms with Crippen LogP contribution in [-0.4, -0.2) is 11.5 Å². The number of nitrogens with one attached hydrogen (secondary N) is 1. The van der Waals surface area contributed by atoms with Crippen molar-refractivity contribution in [3.05, 3.63) is 34.2 Å². The maximum absolute atomic E-state index is 14.2. The Labute approximate surface area is 123 Å². The Hall–Kier alpha value is -1.35. The highest BCUT2D eigenvalue weighted by Gasteiger charge is 2.20. The van der Waals surface area contributed by atoms with Gasteiger partial charge in [0.1, 0.15) is 5.52 Å². The van der Waals surface area contributed by atoms with Gasteiger partial charge in [0.15, 0.2) is 5.82 Å². The van der Waals surface area contributed by atoms with Crippen LogP contribution in [0, 0.1) is 5.82 Å². The first-order chi connectivity index (χ1) is 9.72. The molecule has 0 atom stereocenters. The molecule has 106 valence electrons. The van der Waals surface area contributed by atoms with Crippen LogP contribution in [0.4, 0.5) is 10.1 Å². The number of aromatic nitrogens is 1. The molecule has 0 radical (unpaired) electrons. The maximum atomic E-state index is 14.2. The highest BCUT2D eigenvalue weighted by atomic mass is 35.5. The van der Waals surface area contributed by atoms with Crippen LogP contribution in [0.25, 0.3) is 10.9 Å². The van der Waals surface area contributed by atoms with Gasteiger partial charge in [-0.15, -0.1) is 0 Å². The first-order valence-electron chi connectivity index (χ1n) is 7.25. The number of hydrogen-bond donors (Lipinski definition) is 1. The van der Waals surface area contributed by atoms with Gasteiger partial charge in [0.2, 0.25) is 0 Å². The zero-order valence-corrected chi connectivity index (χ0v) is 12.4. The van der Waals surface area contributed by atoms with E-state index in [0.717, 1.165) is 49.0 Å². The summed E-state index contributed by atoms with van der Waals surface area (Å²) in [5.74, 6) is -0.405. The van der Waals surface area contributed by atoms with Gasteiger partial charge in [-0.2, -0.15) is 0 Å². The molecule has 1 aromatic carbocycles.